The van der Waals surface area contributed by atoms with Crippen molar-refractivity contribution in [2.24, 2.45) is 0 Å². The zero-order chi connectivity index (χ0) is 31.3. The Hall–Kier alpha value is -3.83. The normalized spacial score (nSPS) is 20.2. The molecule has 2 atom stereocenters. The van der Waals surface area contributed by atoms with Gasteiger partial charge in [0.2, 0.25) is 0 Å². The number of nitrogens with zero attached hydrogens (tertiary/aromatic N) is 5. The van der Waals surface area contributed by atoms with Crippen molar-refractivity contribution >= 4 is 43.1 Å². The summed E-state index contributed by atoms with van der Waals surface area (Å²) in [7, 11) is 1.27. The second-order valence-electron chi connectivity index (χ2n) is 11.1. The summed E-state index contributed by atoms with van der Waals surface area (Å²) in [6.45, 7) is 2.94. The quantitative estimate of drug-likeness (QED) is 0.241. The van der Waals surface area contributed by atoms with Crippen LogP contribution in [0, 0.1) is 23.0 Å². The van der Waals surface area contributed by atoms with Gasteiger partial charge in [-0.1, -0.05) is 6.07 Å². The Bertz CT molecular complexity index is 1770. The third-order valence-electron chi connectivity index (χ3n) is 8.44. The standard InChI is InChI=1S/C23H16F5N5OS.C7H12FN/c1-34-22-31-18-11(21(32-22)33-6-2-3-7-33)8-13(23(26,27)28)16(17(18)25)10-4-5-14(24)19-15(10)12(9-29)20(30)35-19;8-6-4-7-2-1-3-9(7)5-6/h4-5,8H,2-3,6-7,30H2,1H3;6-7H,1-5H2. The Balaban J connectivity index is 0.000000323. The van der Waals surface area contributed by atoms with Crippen LogP contribution in [0.4, 0.5) is 37.2 Å². The van der Waals surface area contributed by atoms with Crippen molar-refractivity contribution in [3.05, 3.63) is 41.0 Å². The van der Waals surface area contributed by atoms with Gasteiger partial charge in [-0.2, -0.15) is 28.4 Å². The van der Waals surface area contributed by atoms with Crippen molar-refractivity contribution in [3.63, 3.8) is 0 Å². The number of anilines is 2. The van der Waals surface area contributed by atoms with Crippen molar-refractivity contribution in [2.45, 2.75) is 50.5 Å². The van der Waals surface area contributed by atoms with E-state index in [0.717, 1.165) is 44.0 Å². The summed E-state index contributed by atoms with van der Waals surface area (Å²) in [6.07, 6.45) is -0.551. The molecule has 14 heteroatoms. The lowest BCUT2D eigenvalue weighted by Crippen LogP contribution is -2.22. The first-order chi connectivity index (χ1) is 21.0. The van der Waals surface area contributed by atoms with E-state index in [-0.39, 0.29) is 48.9 Å². The smallest absolute Gasteiger partial charge is 0.417 e. The van der Waals surface area contributed by atoms with Crippen LogP contribution >= 0.6 is 11.3 Å². The largest absolute Gasteiger partial charge is 0.467 e. The van der Waals surface area contributed by atoms with Crippen molar-refractivity contribution in [2.75, 3.05) is 43.9 Å². The predicted octanol–water partition coefficient (Wildman–Crippen LogP) is 7.06. The molecule has 0 amide bonds. The van der Waals surface area contributed by atoms with Crippen molar-refractivity contribution < 1.29 is 31.1 Å². The van der Waals surface area contributed by atoms with Gasteiger partial charge in [0, 0.05) is 42.0 Å². The van der Waals surface area contributed by atoms with Crippen LogP contribution in [0.25, 0.3) is 32.1 Å². The molecule has 0 aliphatic carbocycles. The van der Waals surface area contributed by atoms with E-state index in [1.54, 1.807) is 11.0 Å². The number of halogens is 6. The molecule has 0 saturated carbocycles. The zero-order valence-corrected chi connectivity index (χ0v) is 24.5. The molecule has 0 radical (unpaired) electrons. The maximum atomic E-state index is 16.1. The molecule has 3 saturated heterocycles. The van der Waals surface area contributed by atoms with E-state index >= 15 is 4.39 Å². The Kier molecular flexibility index (Phi) is 7.96. The molecule has 7 nitrogen and oxygen atoms in total. The molecular weight excluding hydrogens is 606 g/mol. The van der Waals surface area contributed by atoms with Gasteiger partial charge in [0.15, 0.2) is 5.82 Å². The fourth-order valence-electron chi connectivity index (χ4n) is 6.47. The van der Waals surface area contributed by atoms with Crippen LogP contribution < -0.4 is 15.4 Å². The van der Waals surface area contributed by atoms with Crippen LogP contribution in [-0.2, 0) is 6.18 Å². The summed E-state index contributed by atoms with van der Waals surface area (Å²) in [4.78, 5) is 12.3. The van der Waals surface area contributed by atoms with E-state index in [2.05, 4.69) is 14.9 Å². The number of fused-ring (bicyclic) bond motifs is 3. The molecule has 5 heterocycles. The van der Waals surface area contributed by atoms with Gasteiger partial charge >= 0.3 is 12.2 Å². The second-order valence-corrected chi connectivity index (χ2v) is 12.2. The second kappa shape index (κ2) is 11.6. The molecule has 2 unspecified atom stereocenters. The van der Waals surface area contributed by atoms with Crippen LogP contribution in [0.3, 0.4) is 0 Å². The molecule has 3 aliphatic rings. The van der Waals surface area contributed by atoms with Gasteiger partial charge in [-0.3, -0.25) is 4.90 Å². The lowest BCUT2D eigenvalue weighted by molar-refractivity contribution is -0.137. The number of hydrogen-bond donors (Lipinski definition) is 1. The summed E-state index contributed by atoms with van der Waals surface area (Å²) in [5, 5.41) is 9.18. The first kappa shape index (κ1) is 30.2. The maximum Gasteiger partial charge on any atom is 0.417 e. The van der Waals surface area contributed by atoms with E-state index in [1.807, 2.05) is 0 Å². The Labute approximate surface area is 252 Å². The summed E-state index contributed by atoms with van der Waals surface area (Å²) in [5.74, 6) is -1.92. The number of benzene rings is 2. The third-order valence-corrected chi connectivity index (χ3v) is 9.47. The first-order valence-corrected chi connectivity index (χ1v) is 15.0. The molecule has 2 aromatic carbocycles. The highest BCUT2D eigenvalue weighted by molar-refractivity contribution is 7.23. The van der Waals surface area contributed by atoms with Gasteiger partial charge in [0.05, 0.1) is 22.9 Å². The Morgan fingerprint density at radius 2 is 1.86 bits per heavy atom. The highest BCUT2D eigenvalue weighted by Gasteiger charge is 2.39. The molecule has 3 aliphatic heterocycles. The molecule has 0 bridgehead atoms. The molecule has 2 N–H and O–H groups in total. The number of methoxy groups -OCH3 is 1. The van der Waals surface area contributed by atoms with E-state index < -0.39 is 35.1 Å². The number of ether oxygens (including phenoxy) is 1. The van der Waals surface area contributed by atoms with E-state index in [1.165, 1.54) is 20.0 Å². The van der Waals surface area contributed by atoms with Gasteiger partial charge in [-0.05, 0) is 56.3 Å². The van der Waals surface area contributed by atoms with E-state index in [4.69, 9.17) is 10.5 Å². The van der Waals surface area contributed by atoms with E-state index in [0.29, 0.717) is 37.0 Å². The fourth-order valence-corrected chi connectivity index (χ4v) is 7.42. The number of aromatic nitrogens is 2. The van der Waals surface area contributed by atoms with Crippen LogP contribution in [0.2, 0.25) is 0 Å². The Morgan fingerprint density at radius 3 is 2.52 bits per heavy atom. The molecule has 3 fully saturated rings. The topological polar surface area (TPSA) is 91.3 Å². The van der Waals surface area contributed by atoms with Crippen LogP contribution in [0.5, 0.6) is 6.01 Å². The van der Waals surface area contributed by atoms with Gasteiger partial charge < -0.3 is 15.4 Å². The summed E-state index contributed by atoms with van der Waals surface area (Å²) in [6, 6.07) is 4.95. The number of nitrogen functional groups attached to an aromatic ring is 1. The highest BCUT2D eigenvalue weighted by Crippen LogP contribution is 2.48. The van der Waals surface area contributed by atoms with Crippen molar-refractivity contribution in [1.82, 2.24) is 14.9 Å². The Morgan fingerprint density at radius 1 is 1.11 bits per heavy atom. The molecular formula is C30H28F6N6OS. The van der Waals surface area contributed by atoms with Gasteiger partial charge in [-0.15, -0.1) is 11.3 Å². The number of nitriles is 1. The predicted molar refractivity (Wildman–Crippen MR) is 157 cm³/mol. The van der Waals surface area contributed by atoms with Crippen LogP contribution in [0.15, 0.2) is 18.2 Å². The molecule has 7 rings (SSSR count). The maximum absolute atomic E-state index is 16.1. The summed E-state index contributed by atoms with van der Waals surface area (Å²) in [5.41, 5.74) is 2.79. The average Bonchev–Trinajstić information content (AvgIpc) is 3.78. The zero-order valence-electron chi connectivity index (χ0n) is 23.6. The van der Waals surface area contributed by atoms with Gasteiger partial charge in [0.25, 0.3) is 0 Å². The number of alkyl halides is 4. The van der Waals surface area contributed by atoms with E-state index in [9.17, 15) is 27.2 Å². The van der Waals surface area contributed by atoms with Crippen LogP contribution in [-0.4, -0.2) is 60.4 Å². The number of rotatable bonds is 3. The molecule has 2 aromatic heterocycles. The minimum atomic E-state index is -4.98. The van der Waals surface area contributed by atoms with Crippen molar-refractivity contribution in [1.29, 1.82) is 5.26 Å². The summed E-state index contributed by atoms with van der Waals surface area (Å²) < 4.78 is 91.3. The van der Waals surface area contributed by atoms with Gasteiger partial charge in [-0.25, -0.2) is 13.2 Å². The molecule has 4 aromatic rings. The minimum Gasteiger partial charge on any atom is -0.467 e. The SMILES string of the molecule is COc1nc(N2CCCC2)c2cc(C(F)(F)F)c(-c3ccc(F)c4sc(N)c(C#N)c34)c(F)c2n1.FC1CC2CCCN2C1. The summed E-state index contributed by atoms with van der Waals surface area (Å²) >= 11 is 0.711. The molecule has 0 spiro atoms. The van der Waals surface area contributed by atoms with Crippen LogP contribution in [0.1, 0.15) is 43.2 Å². The number of thiophene rings is 1. The van der Waals surface area contributed by atoms with Gasteiger partial charge in [0.1, 0.15) is 34.4 Å². The highest BCUT2D eigenvalue weighted by atomic mass is 32.1. The average molecular weight is 635 g/mol. The third kappa shape index (κ3) is 5.26. The lowest BCUT2D eigenvalue weighted by atomic mass is 9.92. The fraction of sp³-hybridized carbons (Fsp3) is 0.433. The molecule has 232 valence electrons. The molecule has 44 heavy (non-hydrogen) atoms. The number of nitrogens with two attached hydrogens (primary N) is 1. The minimum absolute atomic E-state index is 0.0797. The van der Waals surface area contributed by atoms with Crippen molar-refractivity contribution in [3.8, 4) is 23.2 Å². The first-order valence-electron chi connectivity index (χ1n) is 14.2. The monoisotopic (exact) mass is 634 g/mol. The number of hydrogen-bond acceptors (Lipinski definition) is 8. The lowest BCUT2D eigenvalue weighted by Gasteiger charge is -2.22.